The molecule has 0 radical (unpaired) electrons. The van der Waals surface area contributed by atoms with Crippen molar-refractivity contribution in [2.45, 2.75) is 33.3 Å². The fraction of sp³-hybridized carbons (Fsp3) is 0.455. The van der Waals surface area contributed by atoms with Gasteiger partial charge in [0.15, 0.2) is 0 Å². The zero-order valence-electron chi connectivity index (χ0n) is 7.80. The van der Waals surface area contributed by atoms with E-state index in [1.807, 2.05) is 6.07 Å². The van der Waals surface area contributed by atoms with E-state index in [4.69, 9.17) is 5.11 Å². The van der Waals surface area contributed by atoms with Gasteiger partial charge in [0.05, 0.1) is 6.61 Å². The minimum Gasteiger partial charge on any atom is -0.392 e. The van der Waals surface area contributed by atoms with Crippen molar-refractivity contribution >= 4 is 0 Å². The molecule has 0 aliphatic rings. The molecule has 0 aliphatic heterocycles. The molecular formula is C11H16O. The summed E-state index contributed by atoms with van der Waals surface area (Å²) in [4.78, 5) is 0. The minimum atomic E-state index is 0.146. The first-order valence-electron chi connectivity index (χ1n) is 4.47. The van der Waals surface area contributed by atoms with Gasteiger partial charge in [0, 0.05) is 0 Å². The van der Waals surface area contributed by atoms with Crippen LogP contribution in [0.2, 0.25) is 0 Å². The molecule has 0 amide bonds. The second kappa shape index (κ2) is 4.27. The molecule has 1 rings (SSSR count). The number of hydrogen-bond acceptors (Lipinski definition) is 1. The third kappa shape index (κ3) is 2.08. The largest absolute Gasteiger partial charge is 0.392 e. The van der Waals surface area contributed by atoms with Crippen molar-refractivity contribution in [3.63, 3.8) is 0 Å². The third-order valence-corrected chi connectivity index (χ3v) is 2.11. The van der Waals surface area contributed by atoms with E-state index in [-0.39, 0.29) is 6.61 Å². The summed E-state index contributed by atoms with van der Waals surface area (Å²) in [5.41, 5.74) is 3.70. The topological polar surface area (TPSA) is 20.2 Å². The molecule has 0 atom stereocenters. The maximum Gasteiger partial charge on any atom is 0.0681 e. The monoisotopic (exact) mass is 164 g/mol. The Morgan fingerprint density at radius 3 is 2.58 bits per heavy atom. The van der Waals surface area contributed by atoms with Gasteiger partial charge in [-0.3, -0.25) is 0 Å². The zero-order valence-corrected chi connectivity index (χ0v) is 7.80. The smallest absolute Gasteiger partial charge is 0.0681 e. The van der Waals surface area contributed by atoms with Crippen LogP contribution in [0.5, 0.6) is 0 Å². The summed E-state index contributed by atoms with van der Waals surface area (Å²) >= 11 is 0. The predicted octanol–water partition coefficient (Wildman–Crippen LogP) is 2.44. The first-order chi connectivity index (χ1) is 5.77. The van der Waals surface area contributed by atoms with E-state index in [1.165, 1.54) is 17.5 Å². The number of benzene rings is 1. The molecule has 0 aromatic heterocycles. The highest BCUT2D eigenvalue weighted by molar-refractivity contribution is 5.30. The summed E-state index contributed by atoms with van der Waals surface area (Å²) in [6, 6.07) is 6.17. The van der Waals surface area contributed by atoms with E-state index in [0.29, 0.717) is 0 Å². The fourth-order valence-electron chi connectivity index (χ4n) is 1.41. The van der Waals surface area contributed by atoms with Crippen LogP contribution in [0.25, 0.3) is 0 Å². The van der Waals surface area contributed by atoms with Gasteiger partial charge in [-0.1, -0.05) is 31.5 Å². The second-order valence-electron chi connectivity index (χ2n) is 3.17. The Morgan fingerprint density at radius 1 is 1.33 bits per heavy atom. The number of aryl methyl sites for hydroxylation is 2. The number of rotatable bonds is 3. The molecule has 1 N–H and O–H groups in total. The molecule has 0 unspecified atom stereocenters. The summed E-state index contributed by atoms with van der Waals surface area (Å²) in [5.74, 6) is 0. The van der Waals surface area contributed by atoms with Crippen molar-refractivity contribution in [3.8, 4) is 0 Å². The Bertz CT molecular complexity index is 253. The highest BCUT2D eigenvalue weighted by Gasteiger charge is 1.97. The van der Waals surface area contributed by atoms with Crippen LogP contribution >= 0.6 is 0 Å². The summed E-state index contributed by atoms with van der Waals surface area (Å²) in [7, 11) is 0. The fourth-order valence-corrected chi connectivity index (χ4v) is 1.41. The van der Waals surface area contributed by atoms with Gasteiger partial charge in [-0.15, -0.1) is 0 Å². The normalized spacial score (nSPS) is 10.2. The molecule has 0 fully saturated rings. The molecule has 0 bridgehead atoms. The third-order valence-electron chi connectivity index (χ3n) is 2.11. The first-order valence-corrected chi connectivity index (χ1v) is 4.47. The van der Waals surface area contributed by atoms with Crippen LogP contribution in [-0.2, 0) is 13.0 Å². The van der Waals surface area contributed by atoms with Crippen LogP contribution in [0.3, 0.4) is 0 Å². The molecule has 1 nitrogen and oxygen atoms in total. The first kappa shape index (κ1) is 9.27. The molecule has 1 aromatic carbocycles. The van der Waals surface area contributed by atoms with E-state index in [0.717, 1.165) is 12.0 Å². The minimum absolute atomic E-state index is 0.146. The van der Waals surface area contributed by atoms with Crippen LogP contribution in [0, 0.1) is 6.92 Å². The molecule has 1 aromatic rings. The molecule has 0 saturated carbocycles. The van der Waals surface area contributed by atoms with Crippen LogP contribution < -0.4 is 0 Å². The highest BCUT2D eigenvalue weighted by Crippen LogP contribution is 2.12. The van der Waals surface area contributed by atoms with Crippen molar-refractivity contribution in [1.82, 2.24) is 0 Å². The highest BCUT2D eigenvalue weighted by atomic mass is 16.3. The quantitative estimate of drug-likeness (QED) is 0.727. The van der Waals surface area contributed by atoms with E-state index in [9.17, 15) is 0 Å². The molecule has 0 aliphatic carbocycles. The molecule has 66 valence electrons. The average molecular weight is 164 g/mol. The van der Waals surface area contributed by atoms with E-state index in [2.05, 4.69) is 26.0 Å². The van der Waals surface area contributed by atoms with E-state index < -0.39 is 0 Å². The molecule has 0 saturated heterocycles. The molecule has 12 heavy (non-hydrogen) atoms. The van der Waals surface area contributed by atoms with Crippen molar-refractivity contribution in [1.29, 1.82) is 0 Å². The lowest BCUT2D eigenvalue weighted by Crippen LogP contribution is -1.91. The van der Waals surface area contributed by atoms with Gasteiger partial charge >= 0.3 is 0 Å². The Hall–Kier alpha value is -0.820. The Balaban J connectivity index is 2.87. The lowest BCUT2D eigenvalue weighted by molar-refractivity contribution is 0.281. The standard InChI is InChI=1S/C11H16O/c1-3-4-11-6-5-10(8-12)7-9(11)2/h5-7,12H,3-4,8H2,1-2H3. The maximum atomic E-state index is 8.88. The van der Waals surface area contributed by atoms with Gasteiger partial charge in [-0.25, -0.2) is 0 Å². The lowest BCUT2D eigenvalue weighted by Gasteiger charge is -2.05. The van der Waals surface area contributed by atoms with Crippen molar-refractivity contribution in [2.75, 3.05) is 0 Å². The SMILES string of the molecule is CCCc1ccc(CO)cc1C. The van der Waals surface area contributed by atoms with Gasteiger partial charge in [-0.05, 0) is 30.0 Å². The Kier molecular flexibility index (Phi) is 3.30. The lowest BCUT2D eigenvalue weighted by atomic mass is 10.0. The van der Waals surface area contributed by atoms with Crippen molar-refractivity contribution in [3.05, 3.63) is 34.9 Å². The average Bonchev–Trinajstić information content (AvgIpc) is 2.09. The van der Waals surface area contributed by atoms with Crippen molar-refractivity contribution in [2.24, 2.45) is 0 Å². The number of hydrogen-bond donors (Lipinski definition) is 1. The van der Waals surface area contributed by atoms with Crippen LogP contribution in [0.1, 0.15) is 30.0 Å². The van der Waals surface area contributed by atoms with Crippen molar-refractivity contribution < 1.29 is 5.11 Å². The van der Waals surface area contributed by atoms with Crippen LogP contribution in [-0.4, -0.2) is 5.11 Å². The predicted molar refractivity (Wildman–Crippen MR) is 51.1 cm³/mol. The maximum absolute atomic E-state index is 8.88. The van der Waals surface area contributed by atoms with Gasteiger partial charge in [0.1, 0.15) is 0 Å². The Labute approximate surface area is 74.1 Å². The number of aliphatic hydroxyl groups is 1. The van der Waals surface area contributed by atoms with Gasteiger partial charge in [0.25, 0.3) is 0 Å². The van der Waals surface area contributed by atoms with Gasteiger partial charge in [0.2, 0.25) is 0 Å². The van der Waals surface area contributed by atoms with Crippen LogP contribution in [0.15, 0.2) is 18.2 Å². The molecule has 0 heterocycles. The molecule has 1 heteroatoms. The number of aliphatic hydroxyl groups excluding tert-OH is 1. The van der Waals surface area contributed by atoms with Crippen LogP contribution in [0.4, 0.5) is 0 Å². The summed E-state index contributed by atoms with van der Waals surface area (Å²) in [6.07, 6.45) is 2.32. The Morgan fingerprint density at radius 2 is 2.08 bits per heavy atom. The summed E-state index contributed by atoms with van der Waals surface area (Å²) < 4.78 is 0. The summed E-state index contributed by atoms with van der Waals surface area (Å²) in [5, 5.41) is 8.88. The van der Waals surface area contributed by atoms with Gasteiger partial charge in [-0.2, -0.15) is 0 Å². The van der Waals surface area contributed by atoms with E-state index in [1.54, 1.807) is 0 Å². The van der Waals surface area contributed by atoms with Gasteiger partial charge < -0.3 is 5.11 Å². The zero-order chi connectivity index (χ0) is 8.97. The molecular weight excluding hydrogens is 148 g/mol. The summed E-state index contributed by atoms with van der Waals surface area (Å²) in [6.45, 7) is 4.43. The second-order valence-corrected chi connectivity index (χ2v) is 3.17. The molecule has 0 spiro atoms. The van der Waals surface area contributed by atoms with E-state index >= 15 is 0 Å².